The van der Waals surface area contributed by atoms with Crippen molar-refractivity contribution >= 4 is 0 Å². The third kappa shape index (κ3) is 2.83. The summed E-state index contributed by atoms with van der Waals surface area (Å²) in [7, 11) is 1.83. The highest BCUT2D eigenvalue weighted by molar-refractivity contribution is 4.93. The Morgan fingerprint density at radius 1 is 1.24 bits per heavy atom. The zero-order valence-electron chi connectivity index (χ0n) is 11.0. The Hall–Kier alpha value is -0.120. The molecule has 0 spiro atoms. The topological polar surface area (TPSA) is 24.5 Å². The second kappa shape index (κ2) is 5.25. The molecule has 1 aliphatic carbocycles. The monoisotopic (exact) mass is 238 g/mol. The molecule has 98 valence electrons. The van der Waals surface area contributed by atoms with Gasteiger partial charge in [0.05, 0.1) is 6.61 Å². The third-order valence-electron chi connectivity index (χ3n) is 4.81. The Labute approximate surface area is 105 Å². The van der Waals surface area contributed by atoms with Crippen LogP contribution in [0, 0.1) is 5.92 Å². The molecule has 3 atom stereocenters. The summed E-state index contributed by atoms with van der Waals surface area (Å²) in [5.74, 6) is 0.900. The van der Waals surface area contributed by atoms with Gasteiger partial charge in [0.1, 0.15) is 0 Å². The highest BCUT2D eigenvalue weighted by atomic mass is 16.5. The molecule has 2 saturated heterocycles. The third-order valence-corrected chi connectivity index (χ3v) is 4.81. The van der Waals surface area contributed by atoms with Crippen molar-refractivity contribution in [3.63, 3.8) is 0 Å². The van der Waals surface area contributed by atoms with Crippen LogP contribution in [-0.4, -0.2) is 49.8 Å². The molecular weight excluding hydrogens is 212 g/mol. The Balaban J connectivity index is 1.50. The van der Waals surface area contributed by atoms with E-state index < -0.39 is 0 Å². The first kappa shape index (κ1) is 11.9. The fourth-order valence-corrected chi connectivity index (χ4v) is 3.68. The van der Waals surface area contributed by atoms with Crippen molar-refractivity contribution in [3.8, 4) is 0 Å². The minimum atomic E-state index is 0.623. The Morgan fingerprint density at radius 3 is 2.88 bits per heavy atom. The van der Waals surface area contributed by atoms with Gasteiger partial charge in [0.15, 0.2) is 0 Å². The summed E-state index contributed by atoms with van der Waals surface area (Å²) in [5, 5.41) is 3.88. The normalized spacial score (nSPS) is 35.8. The van der Waals surface area contributed by atoms with Crippen molar-refractivity contribution in [2.45, 2.75) is 56.7 Å². The average Bonchev–Trinajstić information content (AvgIpc) is 3.07. The smallest absolute Gasteiger partial charge is 0.0618 e. The molecular formula is C14H26N2O. The maximum Gasteiger partial charge on any atom is 0.0618 e. The summed E-state index contributed by atoms with van der Waals surface area (Å²) in [4.78, 5) is 2.70. The number of hydrogen-bond donors (Lipinski definition) is 1. The highest BCUT2D eigenvalue weighted by Gasteiger charge is 2.36. The SMILES string of the molecule is COCC(NC1CCN2CCCC2C1)C1CC1. The molecule has 2 aliphatic heterocycles. The van der Waals surface area contributed by atoms with Crippen LogP contribution in [0.25, 0.3) is 0 Å². The van der Waals surface area contributed by atoms with Crippen molar-refractivity contribution in [3.05, 3.63) is 0 Å². The first-order valence-electron chi connectivity index (χ1n) is 7.36. The molecule has 0 bridgehead atoms. The molecule has 1 saturated carbocycles. The van der Waals surface area contributed by atoms with E-state index in [1.807, 2.05) is 7.11 Å². The molecule has 3 rings (SSSR count). The molecule has 0 aromatic carbocycles. The van der Waals surface area contributed by atoms with Gasteiger partial charge in [0, 0.05) is 25.2 Å². The molecule has 3 fully saturated rings. The molecule has 3 heteroatoms. The van der Waals surface area contributed by atoms with Crippen LogP contribution in [-0.2, 0) is 4.74 Å². The molecule has 17 heavy (non-hydrogen) atoms. The van der Waals surface area contributed by atoms with Crippen LogP contribution in [0.1, 0.15) is 38.5 Å². The zero-order chi connectivity index (χ0) is 11.7. The van der Waals surface area contributed by atoms with Crippen LogP contribution >= 0.6 is 0 Å². The Kier molecular flexibility index (Phi) is 3.69. The van der Waals surface area contributed by atoms with Crippen molar-refractivity contribution in [2.24, 2.45) is 5.92 Å². The van der Waals surface area contributed by atoms with E-state index in [9.17, 15) is 0 Å². The van der Waals surface area contributed by atoms with E-state index in [4.69, 9.17) is 4.74 Å². The van der Waals surface area contributed by atoms with E-state index in [1.165, 1.54) is 51.6 Å². The van der Waals surface area contributed by atoms with E-state index in [-0.39, 0.29) is 0 Å². The number of nitrogens with one attached hydrogen (secondary N) is 1. The summed E-state index contributed by atoms with van der Waals surface area (Å²) in [6, 6.07) is 2.25. The van der Waals surface area contributed by atoms with E-state index >= 15 is 0 Å². The zero-order valence-corrected chi connectivity index (χ0v) is 11.0. The van der Waals surface area contributed by atoms with Gasteiger partial charge in [-0.2, -0.15) is 0 Å². The number of ether oxygens (including phenoxy) is 1. The lowest BCUT2D eigenvalue weighted by atomic mass is 9.96. The van der Waals surface area contributed by atoms with Crippen molar-refractivity contribution < 1.29 is 4.74 Å². The van der Waals surface area contributed by atoms with Gasteiger partial charge in [-0.15, -0.1) is 0 Å². The fourth-order valence-electron chi connectivity index (χ4n) is 3.68. The van der Waals surface area contributed by atoms with Gasteiger partial charge in [0.2, 0.25) is 0 Å². The Morgan fingerprint density at radius 2 is 2.12 bits per heavy atom. The molecule has 3 aliphatic rings. The van der Waals surface area contributed by atoms with Crippen LogP contribution < -0.4 is 5.32 Å². The molecule has 2 heterocycles. The quantitative estimate of drug-likeness (QED) is 0.788. The number of piperidine rings is 1. The number of hydrogen-bond acceptors (Lipinski definition) is 3. The lowest BCUT2D eigenvalue weighted by Crippen LogP contribution is -2.50. The number of rotatable bonds is 5. The van der Waals surface area contributed by atoms with E-state index in [0.717, 1.165) is 24.6 Å². The molecule has 0 aromatic rings. The van der Waals surface area contributed by atoms with Gasteiger partial charge in [-0.25, -0.2) is 0 Å². The van der Waals surface area contributed by atoms with E-state index in [0.29, 0.717) is 6.04 Å². The van der Waals surface area contributed by atoms with Crippen LogP contribution in [0.2, 0.25) is 0 Å². The van der Waals surface area contributed by atoms with Gasteiger partial charge in [-0.3, -0.25) is 0 Å². The van der Waals surface area contributed by atoms with Gasteiger partial charge in [-0.05, 0) is 57.5 Å². The minimum absolute atomic E-state index is 0.623. The first-order valence-corrected chi connectivity index (χ1v) is 7.36. The minimum Gasteiger partial charge on any atom is -0.383 e. The highest BCUT2D eigenvalue weighted by Crippen LogP contribution is 2.34. The fraction of sp³-hybridized carbons (Fsp3) is 1.00. The lowest BCUT2D eigenvalue weighted by Gasteiger charge is -2.37. The van der Waals surface area contributed by atoms with Gasteiger partial charge >= 0.3 is 0 Å². The van der Waals surface area contributed by atoms with Crippen LogP contribution in [0.3, 0.4) is 0 Å². The largest absolute Gasteiger partial charge is 0.383 e. The summed E-state index contributed by atoms with van der Waals surface area (Å²) in [5.41, 5.74) is 0. The lowest BCUT2D eigenvalue weighted by molar-refractivity contribution is 0.123. The molecule has 3 unspecified atom stereocenters. The number of fused-ring (bicyclic) bond motifs is 1. The van der Waals surface area contributed by atoms with E-state index in [2.05, 4.69) is 10.2 Å². The average molecular weight is 238 g/mol. The standard InChI is InChI=1S/C14H26N2O/c1-17-10-14(11-4-5-11)15-12-6-8-16-7-2-3-13(16)9-12/h11-15H,2-10H2,1H3. The maximum atomic E-state index is 5.36. The summed E-state index contributed by atoms with van der Waals surface area (Å²) in [6.45, 7) is 3.56. The van der Waals surface area contributed by atoms with Crippen LogP contribution in [0.5, 0.6) is 0 Å². The number of methoxy groups -OCH3 is 1. The molecule has 0 amide bonds. The summed E-state index contributed by atoms with van der Waals surface area (Å²) < 4.78 is 5.36. The molecule has 1 N–H and O–H groups in total. The predicted molar refractivity (Wildman–Crippen MR) is 69.1 cm³/mol. The summed E-state index contributed by atoms with van der Waals surface area (Å²) in [6.07, 6.45) is 8.36. The van der Waals surface area contributed by atoms with Crippen molar-refractivity contribution in [1.82, 2.24) is 10.2 Å². The number of nitrogens with zero attached hydrogens (tertiary/aromatic N) is 1. The van der Waals surface area contributed by atoms with Gasteiger partial charge in [-0.1, -0.05) is 0 Å². The molecule has 0 aromatic heterocycles. The first-order chi connectivity index (χ1) is 8.36. The van der Waals surface area contributed by atoms with Crippen LogP contribution in [0.4, 0.5) is 0 Å². The Bertz CT molecular complexity index is 255. The van der Waals surface area contributed by atoms with Gasteiger partial charge < -0.3 is 15.0 Å². The van der Waals surface area contributed by atoms with Crippen molar-refractivity contribution in [2.75, 3.05) is 26.8 Å². The van der Waals surface area contributed by atoms with Gasteiger partial charge in [0.25, 0.3) is 0 Å². The maximum absolute atomic E-state index is 5.36. The predicted octanol–water partition coefficient (Wildman–Crippen LogP) is 1.63. The van der Waals surface area contributed by atoms with E-state index in [1.54, 1.807) is 0 Å². The second-order valence-electron chi connectivity index (χ2n) is 6.12. The second-order valence-corrected chi connectivity index (χ2v) is 6.12. The van der Waals surface area contributed by atoms with Crippen LogP contribution in [0.15, 0.2) is 0 Å². The molecule has 0 radical (unpaired) electrons. The van der Waals surface area contributed by atoms with Crippen molar-refractivity contribution in [1.29, 1.82) is 0 Å². The summed E-state index contributed by atoms with van der Waals surface area (Å²) >= 11 is 0. The molecule has 3 nitrogen and oxygen atoms in total.